The van der Waals surface area contributed by atoms with E-state index < -0.39 is 7.38 Å². The Hall–Kier alpha value is -0.793. The fourth-order valence-electron chi connectivity index (χ4n) is 1.51. The molecule has 0 aromatic heterocycles. The Morgan fingerprint density at radius 1 is 1.07 bits per heavy atom. The molecule has 0 atom stereocenters. The Labute approximate surface area is 91.6 Å². The van der Waals surface area contributed by atoms with Crippen molar-refractivity contribution >= 4 is 23.6 Å². The van der Waals surface area contributed by atoms with Crippen molar-refractivity contribution in [2.24, 2.45) is 0 Å². The van der Waals surface area contributed by atoms with Gasteiger partial charge in [-0.15, -0.1) is 24.2 Å². The van der Waals surface area contributed by atoms with Crippen LogP contribution < -0.4 is 5.19 Å². The number of halogens is 1. The van der Waals surface area contributed by atoms with E-state index in [1.54, 1.807) is 0 Å². The number of hydrogen-bond donors (Lipinski definition) is 0. The molecule has 0 N–H and O–H groups in total. The first kappa shape index (κ1) is 11.3. The van der Waals surface area contributed by atoms with E-state index in [1.165, 1.54) is 16.3 Å². The second-order valence-electron chi connectivity index (χ2n) is 3.55. The molecule has 0 aliphatic rings. The third-order valence-electron chi connectivity index (χ3n) is 2.26. The molecule has 0 fully saturated rings. The van der Waals surface area contributed by atoms with Crippen molar-refractivity contribution in [2.45, 2.75) is 13.8 Å². The molecule has 1 aromatic rings. The zero-order valence-corrected chi connectivity index (χ0v) is 10.4. The lowest BCUT2D eigenvalue weighted by Gasteiger charge is -2.17. The van der Waals surface area contributed by atoms with Crippen molar-refractivity contribution in [3.63, 3.8) is 0 Å². The van der Waals surface area contributed by atoms with Gasteiger partial charge >= 0.3 is 0 Å². The summed E-state index contributed by atoms with van der Waals surface area (Å²) in [6, 6.07) is 6.38. The summed E-state index contributed by atoms with van der Waals surface area (Å²) in [7, 11) is -2.14. The van der Waals surface area contributed by atoms with Gasteiger partial charge < -0.3 is 0 Å². The van der Waals surface area contributed by atoms with Gasteiger partial charge in [0.05, 0.1) is 0 Å². The molecular weight excluding hydrogens is 208 g/mol. The highest BCUT2D eigenvalue weighted by Crippen LogP contribution is 2.14. The number of hydrogen-bond acceptors (Lipinski definition) is 0. The van der Waals surface area contributed by atoms with Crippen LogP contribution in [0.1, 0.15) is 11.1 Å². The Morgan fingerprint density at radius 3 is 1.86 bits per heavy atom. The summed E-state index contributed by atoms with van der Waals surface area (Å²) in [6.45, 7) is 11.8. The molecule has 0 spiro atoms. The predicted molar refractivity (Wildman–Crippen MR) is 67.6 cm³/mol. The van der Waals surface area contributed by atoms with Crippen LogP contribution in [0.3, 0.4) is 0 Å². The molecule has 14 heavy (non-hydrogen) atoms. The van der Waals surface area contributed by atoms with Crippen molar-refractivity contribution in [3.05, 3.63) is 53.9 Å². The lowest BCUT2D eigenvalue weighted by molar-refractivity contribution is 1.40. The van der Waals surface area contributed by atoms with E-state index >= 15 is 0 Å². The van der Waals surface area contributed by atoms with Gasteiger partial charge in [-0.05, 0) is 19.0 Å². The fraction of sp³-hybridized carbons (Fsp3) is 0.167. The van der Waals surface area contributed by atoms with Crippen LogP contribution >= 0.6 is 11.1 Å². The Morgan fingerprint density at radius 2 is 1.50 bits per heavy atom. The van der Waals surface area contributed by atoms with Gasteiger partial charge in [-0.25, -0.2) is 0 Å². The average molecular weight is 223 g/mol. The van der Waals surface area contributed by atoms with Crippen LogP contribution in [0, 0.1) is 13.8 Å². The first-order valence-corrected chi connectivity index (χ1v) is 7.73. The maximum atomic E-state index is 6.48. The van der Waals surface area contributed by atoms with Crippen molar-refractivity contribution in [2.75, 3.05) is 0 Å². The average Bonchev–Trinajstić information content (AvgIpc) is 2.15. The summed E-state index contributed by atoms with van der Waals surface area (Å²) in [5.74, 6) is 0. The van der Waals surface area contributed by atoms with Gasteiger partial charge in [0.2, 0.25) is 7.38 Å². The predicted octanol–water partition coefficient (Wildman–Crippen LogP) is 3.15. The normalized spacial score (nSPS) is 11.1. The monoisotopic (exact) mass is 222 g/mol. The Kier molecular flexibility index (Phi) is 3.35. The van der Waals surface area contributed by atoms with Crippen LogP contribution in [0.15, 0.2) is 42.8 Å². The second kappa shape index (κ2) is 4.16. The summed E-state index contributed by atoms with van der Waals surface area (Å²) in [5.41, 5.74) is 6.16. The highest BCUT2D eigenvalue weighted by Gasteiger charge is 2.25. The zero-order valence-electron chi connectivity index (χ0n) is 8.68. The van der Waals surface area contributed by atoms with Gasteiger partial charge in [0.25, 0.3) is 0 Å². The summed E-state index contributed by atoms with van der Waals surface area (Å²) in [5, 5.41) is 1.17. The minimum Gasteiger partial charge on any atom is -0.150 e. The summed E-state index contributed by atoms with van der Waals surface area (Å²) in [6.07, 6.45) is 0. The van der Waals surface area contributed by atoms with E-state index in [2.05, 4.69) is 45.2 Å². The van der Waals surface area contributed by atoms with Gasteiger partial charge in [-0.1, -0.05) is 40.7 Å². The Bertz CT molecular complexity index is 340. The van der Waals surface area contributed by atoms with Gasteiger partial charge in [-0.3, -0.25) is 0 Å². The molecule has 0 saturated heterocycles. The van der Waals surface area contributed by atoms with Crippen LogP contribution in [0.5, 0.6) is 0 Å². The molecule has 0 saturated carbocycles. The molecule has 0 heterocycles. The molecule has 0 radical (unpaired) electrons. The second-order valence-corrected chi connectivity index (χ2v) is 8.36. The van der Waals surface area contributed by atoms with Crippen molar-refractivity contribution in [3.8, 4) is 0 Å². The SMILES string of the molecule is C=C[Si](Cl)(C=C)c1cc(C)cc(C)c1. The summed E-state index contributed by atoms with van der Waals surface area (Å²) >= 11 is 6.48. The first-order chi connectivity index (χ1) is 6.51. The lowest BCUT2D eigenvalue weighted by atomic mass is 10.2. The molecule has 1 rings (SSSR count). The van der Waals surface area contributed by atoms with Crippen molar-refractivity contribution in [1.82, 2.24) is 0 Å². The molecule has 0 amide bonds. The van der Waals surface area contributed by atoms with Gasteiger partial charge in [0.1, 0.15) is 0 Å². The van der Waals surface area contributed by atoms with Crippen molar-refractivity contribution < 1.29 is 0 Å². The van der Waals surface area contributed by atoms with Crippen LogP contribution in [0.2, 0.25) is 0 Å². The van der Waals surface area contributed by atoms with Crippen LogP contribution in [-0.2, 0) is 0 Å². The number of rotatable bonds is 3. The molecular formula is C12H15ClSi. The Balaban J connectivity index is 3.30. The van der Waals surface area contributed by atoms with Crippen LogP contribution in [0.25, 0.3) is 0 Å². The molecule has 0 aliphatic carbocycles. The van der Waals surface area contributed by atoms with E-state index in [-0.39, 0.29) is 0 Å². The minimum atomic E-state index is -2.14. The fourth-order valence-corrected chi connectivity index (χ4v) is 3.38. The smallest absolute Gasteiger partial charge is 0.150 e. The number of benzene rings is 1. The van der Waals surface area contributed by atoms with Gasteiger partial charge in [-0.2, -0.15) is 0 Å². The van der Waals surface area contributed by atoms with E-state index in [0.717, 1.165) is 0 Å². The molecule has 0 unspecified atom stereocenters. The maximum Gasteiger partial charge on any atom is 0.232 e. The molecule has 0 aliphatic heterocycles. The van der Waals surface area contributed by atoms with Crippen LogP contribution in [0.4, 0.5) is 0 Å². The largest absolute Gasteiger partial charge is 0.232 e. The summed E-state index contributed by atoms with van der Waals surface area (Å²) in [4.78, 5) is 0. The van der Waals surface area contributed by atoms with Gasteiger partial charge in [0.15, 0.2) is 0 Å². The van der Waals surface area contributed by atoms with E-state index in [1.807, 2.05) is 11.4 Å². The standard InChI is InChI=1S/C12H15ClSi/c1-5-14(13,6-2)12-8-10(3)7-11(4)9-12/h5-9H,1-2H2,3-4H3. The highest BCUT2D eigenvalue weighted by atomic mass is 35.6. The lowest BCUT2D eigenvalue weighted by Crippen LogP contribution is -2.38. The maximum absolute atomic E-state index is 6.48. The van der Waals surface area contributed by atoms with E-state index in [4.69, 9.17) is 11.1 Å². The molecule has 2 heteroatoms. The third kappa shape index (κ3) is 2.17. The van der Waals surface area contributed by atoms with Gasteiger partial charge in [0, 0.05) is 0 Å². The minimum absolute atomic E-state index is 1.17. The zero-order chi connectivity index (χ0) is 10.8. The molecule has 74 valence electrons. The third-order valence-corrected chi connectivity index (χ3v) is 6.20. The molecule has 0 bridgehead atoms. The topological polar surface area (TPSA) is 0 Å². The molecule has 1 aromatic carbocycles. The number of aryl methyl sites for hydroxylation is 2. The summed E-state index contributed by atoms with van der Waals surface area (Å²) < 4.78 is 0. The van der Waals surface area contributed by atoms with Crippen LogP contribution in [-0.4, -0.2) is 7.38 Å². The van der Waals surface area contributed by atoms with Crippen molar-refractivity contribution in [1.29, 1.82) is 0 Å². The van der Waals surface area contributed by atoms with E-state index in [9.17, 15) is 0 Å². The van der Waals surface area contributed by atoms with E-state index in [0.29, 0.717) is 0 Å². The highest BCUT2D eigenvalue weighted by molar-refractivity contribution is 7.32. The molecule has 0 nitrogen and oxygen atoms in total. The first-order valence-electron chi connectivity index (χ1n) is 4.56. The quantitative estimate of drug-likeness (QED) is 0.545.